The molecule has 2 nitrogen and oxygen atoms in total. The van der Waals surface area contributed by atoms with E-state index in [1.165, 1.54) is 17.5 Å². The third kappa shape index (κ3) is 3.44. The molecule has 94 valence electrons. The van der Waals surface area contributed by atoms with Crippen LogP contribution in [0.5, 0.6) is 0 Å². The van der Waals surface area contributed by atoms with E-state index < -0.39 is 0 Å². The lowest BCUT2D eigenvalue weighted by Gasteiger charge is -2.13. The summed E-state index contributed by atoms with van der Waals surface area (Å²) in [6, 6.07) is 6.71. The van der Waals surface area contributed by atoms with Gasteiger partial charge in [0.1, 0.15) is 0 Å². The van der Waals surface area contributed by atoms with Crippen molar-refractivity contribution in [3.63, 3.8) is 0 Å². The van der Waals surface area contributed by atoms with Gasteiger partial charge in [-0.3, -0.25) is 0 Å². The zero-order valence-electron chi connectivity index (χ0n) is 10.1. The van der Waals surface area contributed by atoms with Crippen molar-refractivity contribution < 1.29 is 5.11 Å². The molecule has 0 aromatic heterocycles. The van der Waals surface area contributed by atoms with Crippen LogP contribution >= 0.6 is 11.6 Å². The van der Waals surface area contributed by atoms with Crippen LogP contribution in [0.2, 0.25) is 5.02 Å². The number of unbranched alkanes of at least 4 members (excludes halogenated alkanes) is 2. The highest BCUT2D eigenvalue weighted by Gasteiger charge is 2.21. The third-order valence-electron chi connectivity index (χ3n) is 3.41. The zero-order chi connectivity index (χ0) is 12.1. The first-order valence-electron chi connectivity index (χ1n) is 6.44. The summed E-state index contributed by atoms with van der Waals surface area (Å²) in [6.07, 6.45) is 5.46. The molecule has 0 aliphatic heterocycles. The van der Waals surface area contributed by atoms with E-state index in [2.05, 4.69) is 17.4 Å². The Morgan fingerprint density at radius 2 is 2.18 bits per heavy atom. The second-order valence-electron chi connectivity index (χ2n) is 4.67. The first-order valence-corrected chi connectivity index (χ1v) is 6.81. The first-order chi connectivity index (χ1) is 8.31. The maximum atomic E-state index is 8.70. The fourth-order valence-electron chi connectivity index (χ4n) is 2.49. The molecule has 1 aromatic carbocycles. The second kappa shape index (κ2) is 6.39. The first kappa shape index (κ1) is 12.9. The Hall–Kier alpha value is -0.570. The van der Waals surface area contributed by atoms with Gasteiger partial charge in [0.15, 0.2) is 0 Å². The van der Waals surface area contributed by atoms with Gasteiger partial charge in [0.2, 0.25) is 0 Å². The molecule has 0 heterocycles. The van der Waals surface area contributed by atoms with Gasteiger partial charge in [-0.05, 0) is 61.9 Å². The molecule has 0 saturated carbocycles. The molecule has 17 heavy (non-hydrogen) atoms. The summed E-state index contributed by atoms with van der Waals surface area (Å²) in [5.74, 6) is 0. The van der Waals surface area contributed by atoms with Crippen LogP contribution in [0.15, 0.2) is 18.2 Å². The molecule has 1 aliphatic carbocycles. The normalized spacial score (nSPS) is 18.4. The highest BCUT2D eigenvalue weighted by Crippen LogP contribution is 2.32. The summed E-state index contributed by atoms with van der Waals surface area (Å²) < 4.78 is 0. The molecule has 1 aliphatic rings. The molecule has 1 aromatic rings. The minimum atomic E-state index is 0.310. The Morgan fingerprint density at radius 3 is 3.00 bits per heavy atom. The maximum absolute atomic E-state index is 8.70. The van der Waals surface area contributed by atoms with Gasteiger partial charge in [0.05, 0.1) is 0 Å². The maximum Gasteiger partial charge on any atom is 0.0431 e. The minimum Gasteiger partial charge on any atom is -0.396 e. The summed E-state index contributed by atoms with van der Waals surface area (Å²) in [6.45, 7) is 1.34. The zero-order valence-corrected chi connectivity index (χ0v) is 10.8. The average molecular weight is 254 g/mol. The van der Waals surface area contributed by atoms with Crippen molar-refractivity contribution in [3.8, 4) is 0 Å². The number of aryl methyl sites for hydroxylation is 1. The van der Waals surface area contributed by atoms with Gasteiger partial charge in [-0.25, -0.2) is 0 Å². The van der Waals surface area contributed by atoms with Crippen LogP contribution < -0.4 is 5.32 Å². The van der Waals surface area contributed by atoms with E-state index in [0.29, 0.717) is 12.6 Å². The summed E-state index contributed by atoms with van der Waals surface area (Å²) in [7, 11) is 0. The molecule has 0 radical (unpaired) electrons. The average Bonchev–Trinajstić information content (AvgIpc) is 2.71. The molecule has 2 N–H and O–H groups in total. The van der Waals surface area contributed by atoms with Gasteiger partial charge in [0.25, 0.3) is 0 Å². The van der Waals surface area contributed by atoms with Gasteiger partial charge in [-0.15, -0.1) is 0 Å². The molecule has 0 bridgehead atoms. The molecule has 0 spiro atoms. The monoisotopic (exact) mass is 253 g/mol. The van der Waals surface area contributed by atoms with Crippen molar-refractivity contribution in [2.75, 3.05) is 13.2 Å². The van der Waals surface area contributed by atoms with E-state index in [1.807, 2.05) is 6.07 Å². The van der Waals surface area contributed by atoms with Crippen LogP contribution in [0, 0.1) is 0 Å². The molecule has 3 heteroatoms. The number of hydrogen-bond donors (Lipinski definition) is 2. The topological polar surface area (TPSA) is 32.3 Å². The quantitative estimate of drug-likeness (QED) is 0.764. The smallest absolute Gasteiger partial charge is 0.0431 e. The lowest BCUT2D eigenvalue weighted by Crippen LogP contribution is -2.20. The molecule has 1 atom stereocenters. The number of aliphatic hydroxyl groups is 1. The van der Waals surface area contributed by atoms with Crippen LogP contribution in [0.4, 0.5) is 0 Å². The molecule has 0 saturated heterocycles. The highest BCUT2D eigenvalue weighted by molar-refractivity contribution is 6.30. The third-order valence-corrected chi connectivity index (χ3v) is 3.64. The predicted molar refractivity (Wildman–Crippen MR) is 71.5 cm³/mol. The van der Waals surface area contributed by atoms with Crippen molar-refractivity contribution in [1.82, 2.24) is 5.32 Å². The van der Waals surface area contributed by atoms with Crippen molar-refractivity contribution in [3.05, 3.63) is 34.3 Å². The standard InChI is InChI=1S/C14H20ClNO/c15-12-5-6-13-11(10-12)4-7-14(13)16-8-2-1-3-9-17/h5-6,10,14,16-17H,1-4,7-9H2. The van der Waals surface area contributed by atoms with Crippen LogP contribution in [-0.4, -0.2) is 18.3 Å². The number of fused-ring (bicyclic) bond motifs is 1. The van der Waals surface area contributed by atoms with Gasteiger partial charge < -0.3 is 10.4 Å². The van der Waals surface area contributed by atoms with Crippen LogP contribution in [0.25, 0.3) is 0 Å². The van der Waals surface area contributed by atoms with Crippen LogP contribution in [0.3, 0.4) is 0 Å². The van der Waals surface area contributed by atoms with E-state index in [1.54, 1.807) is 0 Å². The van der Waals surface area contributed by atoms with E-state index in [-0.39, 0.29) is 0 Å². The van der Waals surface area contributed by atoms with Gasteiger partial charge in [-0.2, -0.15) is 0 Å². The van der Waals surface area contributed by atoms with E-state index in [9.17, 15) is 0 Å². The van der Waals surface area contributed by atoms with Gasteiger partial charge in [0, 0.05) is 17.7 Å². The number of halogens is 1. The number of rotatable bonds is 6. The molecule has 0 amide bonds. The number of nitrogens with one attached hydrogen (secondary N) is 1. The second-order valence-corrected chi connectivity index (χ2v) is 5.11. The molecule has 0 fully saturated rings. The van der Waals surface area contributed by atoms with E-state index in [0.717, 1.165) is 37.3 Å². The Labute approximate surface area is 108 Å². The molecule has 1 unspecified atom stereocenters. The minimum absolute atomic E-state index is 0.310. The SMILES string of the molecule is OCCCCCNC1CCc2cc(Cl)ccc21. The molecular formula is C14H20ClNO. The summed E-state index contributed by atoms with van der Waals surface area (Å²) >= 11 is 5.99. The number of aliphatic hydroxyl groups excluding tert-OH is 1. The largest absolute Gasteiger partial charge is 0.396 e. The summed E-state index contributed by atoms with van der Waals surface area (Å²) in [5, 5.41) is 13.1. The fraction of sp³-hybridized carbons (Fsp3) is 0.571. The fourth-order valence-corrected chi connectivity index (χ4v) is 2.68. The van der Waals surface area contributed by atoms with Gasteiger partial charge >= 0.3 is 0 Å². The lowest BCUT2D eigenvalue weighted by molar-refractivity contribution is 0.282. The van der Waals surface area contributed by atoms with Crippen LogP contribution in [-0.2, 0) is 6.42 Å². The Morgan fingerprint density at radius 1 is 1.29 bits per heavy atom. The molecular weight excluding hydrogens is 234 g/mol. The Kier molecular flexibility index (Phi) is 4.84. The van der Waals surface area contributed by atoms with E-state index in [4.69, 9.17) is 16.7 Å². The summed E-state index contributed by atoms with van der Waals surface area (Å²) in [5.41, 5.74) is 2.81. The van der Waals surface area contributed by atoms with Crippen molar-refractivity contribution in [1.29, 1.82) is 0 Å². The van der Waals surface area contributed by atoms with E-state index >= 15 is 0 Å². The predicted octanol–water partition coefficient (Wildman–Crippen LogP) is 3.08. The van der Waals surface area contributed by atoms with Crippen molar-refractivity contribution >= 4 is 11.6 Å². The van der Waals surface area contributed by atoms with Gasteiger partial charge in [-0.1, -0.05) is 17.7 Å². The van der Waals surface area contributed by atoms with Crippen molar-refractivity contribution in [2.24, 2.45) is 0 Å². The van der Waals surface area contributed by atoms with Crippen LogP contribution in [0.1, 0.15) is 42.9 Å². The molecule has 2 rings (SSSR count). The summed E-state index contributed by atoms with van der Waals surface area (Å²) in [4.78, 5) is 0. The number of hydrogen-bond acceptors (Lipinski definition) is 2. The lowest BCUT2D eigenvalue weighted by atomic mass is 10.1. The Balaban J connectivity index is 1.81. The highest BCUT2D eigenvalue weighted by atomic mass is 35.5. The number of benzene rings is 1. The Bertz CT molecular complexity index is 367. The van der Waals surface area contributed by atoms with Crippen molar-refractivity contribution in [2.45, 2.75) is 38.1 Å².